The molecule has 11 heteroatoms. The van der Waals surface area contributed by atoms with Gasteiger partial charge in [-0.25, -0.2) is 4.68 Å². The highest BCUT2D eigenvalue weighted by Crippen LogP contribution is 2.19. The average Bonchev–Trinajstić information content (AvgIpc) is 3.47. The number of hydrogen-bond acceptors (Lipinski definition) is 7. The van der Waals surface area contributed by atoms with Crippen LogP contribution in [-0.4, -0.2) is 49.2 Å². The molecule has 176 valence electrons. The van der Waals surface area contributed by atoms with Crippen molar-refractivity contribution in [1.29, 1.82) is 0 Å². The van der Waals surface area contributed by atoms with Crippen molar-refractivity contribution in [3.05, 3.63) is 82.9 Å². The Morgan fingerprint density at radius 2 is 1.80 bits per heavy atom. The fourth-order valence-corrected chi connectivity index (χ4v) is 3.52. The number of aromatic nitrogens is 6. The van der Waals surface area contributed by atoms with E-state index in [1.807, 2.05) is 30.3 Å². The second-order valence-electron chi connectivity index (χ2n) is 7.61. The van der Waals surface area contributed by atoms with Gasteiger partial charge in [0.2, 0.25) is 5.95 Å². The topological polar surface area (TPSA) is 129 Å². The molecule has 11 nitrogen and oxygen atoms in total. The molecule has 1 amide bonds. The van der Waals surface area contributed by atoms with Crippen LogP contribution in [0.5, 0.6) is 11.5 Å². The van der Waals surface area contributed by atoms with Crippen molar-refractivity contribution in [1.82, 2.24) is 29.5 Å². The highest BCUT2D eigenvalue weighted by molar-refractivity contribution is 5.91. The summed E-state index contributed by atoms with van der Waals surface area (Å²) >= 11 is 0. The van der Waals surface area contributed by atoms with Gasteiger partial charge in [0.15, 0.2) is 12.3 Å². The van der Waals surface area contributed by atoms with E-state index in [0.29, 0.717) is 34.0 Å². The van der Waals surface area contributed by atoms with Crippen molar-refractivity contribution in [2.45, 2.75) is 6.92 Å². The standard InChI is InChI=1S/C24H21N7O4/c1-15-12-20(26-21(32)14-35-18-10-8-17(34-2)9-11-18)31(29-15)24-27-22-19(23(33)28-24)13-25-30(22)16-6-4-3-5-7-16/h3-13H,14H2,1-2H3,(H,26,32)(H,27,28,33). The third-order valence-corrected chi connectivity index (χ3v) is 5.16. The van der Waals surface area contributed by atoms with Crippen LogP contribution in [0.15, 0.2) is 71.7 Å². The highest BCUT2D eigenvalue weighted by atomic mass is 16.5. The molecule has 0 aliphatic heterocycles. The summed E-state index contributed by atoms with van der Waals surface area (Å²) in [5.74, 6) is 1.28. The zero-order chi connectivity index (χ0) is 24.4. The van der Waals surface area contributed by atoms with Gasteiger partial charge in [0.05, 0.1) is 24.7 Å². The van der Waals surface area contributed by atoms with E-state index in [1.165, 1.54) is 10.9 Å². The Morgan fingerprint density at radius 1 is 1.06 bits per heavy atom. The first kappa shape index (κ1) is 21.9. The summed E-state index contributed by atoms with van der Waals surface area (Å²) in [6.45, 7) is 1.55. The molecule has 2 N–H and O–H groups in total. The molecule has 0 atom stereocenters. The average molecular weight is 471 g/mol. The number of benzene rings is 2. The predicted octanol–water partition coefficient (Wildman–Crippen LogP) is 2.63. The number of carbonyl (C=O) groups is 1. The summed E-state index contributed by atoms with van der Waals surface area (Å²) in [4.78, 5) is 32.6. The molecule has 5 rings (SSSR count). The molecule has 0 aliphatic rings. The summed E-state index contributed by atoms with van der Waals surface area (Å²) in [5, 5.41) is 11.8. The van der Waals surface area contributed by atoms with Gasteiger partial charge in [-0.05, 0) is 43.3 Å². The Kier molecular flexibility index (Phi) is 5.71. The number of carbonyl (C=O) groups excluding carboxylic acids is 1. The first-order chi connectivity index (χ1) is 17.0. The van der Waals surface area contributed by atoms with Crippen LogP contribution in [0, 0.1) is 6.92 Å². The number of amides is 1. The molecular formula is C24H21N7O4. The lowest BCUT2D eigenvalue weighted by molar-refractivity contribution is -0.118. The monoisotopic (exact) mass is 471 g/mol. The van der Waals surface area contributed by atoms with Crippen LogP contribution in [0.1, 0.15) is 5.69 Å². The van der Waals surface area contributed by atoms with E-state index in [2.05, 4.69) is 25.5 Å². The van der Waals surface area contributed by atoms with Gasteiger partial charge in [-0.3, -0.25) is 14.6 Å². The van der Waals surface area contributed by atoms with Crippen LogP contribution in [0.4, 0.5) is 5.82 Å². The Morgan fingerprint density at radius 3 is 2.54 bits per heavy atom. The molecule has 3 aromatic heterocycles. The fraction of sp³-hybridized carbons (Fsp3) is 0.125. The van der Waals surface area contributed by atoms with Gasteiger partial charge in [0, 0.05) is 6.07 Å². The molecule has 0 saturated carbocycles. The minimum atomic E-state index is -0.403. The molecule has 0 spiro atoms. The maximum atomic E-state index is 12.8. The Hall–Kier alpha value is -4.93. The van der Waals surface area contributed by atoms with Crippen molar-refractivity contribution in [2.75, 3.05) is 19.0 Å². The first-order valence-electron chi connectivity index (χ1n) is 10.7. The molecule has 0 saturated heterocycles. The minimum absolute atomic E-state index is 0.139. The lowest BCUT2D eigenvalue weighted by Gasteiger charge is -2.10. The number of nitrogens with one attached hydrogen (secondary N) is 2. The summed E-state index contributed by atoms with van der Waals surface area (Å²) < 4.78 is 13.6. The molecule has 3 heterocycles. The maximum Gasteiger partial charge on any atom is 0.263 e. The fourth-order valence-electron chi connectivity index (χ4n) is 3.52. The molecule has 0 fully saturated rings. The number of aromatic amines is 1. The highest BCUT2D eigenvalue weighted by Gasteiger charge is 2.17. The normalized spacial score (nSPS) is 10.9. The van der Waals surface area contributed by atoms with E-state index in [0.717, 1.165) is 5.69 Å². The van der Waals surface area contributed by atoms with Crippen LogP contribution in [-0.2, 0) is 4.79 Å². The van der Waals surface area contributed by atoms with E-state index < -0.39 is 5.91 Å². The number of H-pyrrole nitrogens is 1. The van der Waals surface area contributed by atoms with E-state index in [-0.39, 0.29) is 18.1 Å². The first-order valence-corrected chi connectivity index (χ1v) is 10.7. The van der Waals surface area contributed by atoms with Gasteiger partial charge in [-0.2, -0.15) is 19.9 Å². The Balaban J connectivity index is 1.41. The van der Waals surface area contributed by atoms with Gasteiger partial charge in [-0.1, -0.05) is 18.2 Å². The molecule has 0 radical (unpaired) electrons. The Labute approximate surface area is 198 Å². The number of aryl methyl sites for hydroxylation is 1. The quantitative estimate of drug-likeness (QED) is 0.373. The number of para-hydroxylation sites is 1. The minimum Gasteiger partial charge on any atom is -0.497 e. The predicted molar refractivity (Wildman–Crippen MR) is 128 cm³/mol. The number of nitrogens with zero attached hydrogens (tertiary/aromatic N) is 5. The van der Waals surface area contributed by atoms with Crippen molar-refractivity contribution in [2.24, 2.45) is 0 Å². The summed E-state index contributed by atoms with van der Waals surface area (Å²) in [5.41, 5.74) is 1.37. The zero-order valence-corrected chi connectivity index (χ0v) is 18.9. The van der Waals surface area contributed by atoms with Gasteiger partial charge in [0.1, 0.15) is 22.7 Å². The number of anilines is 1. The maximum absolute atomic E-state index is 12.8. The van der Waals surface area contributed by atoms with Crippen LogP contribution < -0.4 is 20.3 Å². The number of methoxy groups -OCH3 is 1. The molecule has 0 bridgehead atoms. The van der Waals surface area contributed by atoms with Crippen molar-refractivity contribution in [3.63, 3.8) is 0 Å². The number of rotatable bonds is 7. The summed E-state index contributed by atoms with van der Waals surface area (Å²) in [6.07, 6.45) is 1.46. The van der Waals surface area contributed by atoms with Gasteiger partial charge in [-0.15, -0.1) is 0 Å². The molecule has 0 aliphatic carbocycles. The second-order valence-corrected chi connectivity index (χ2v) is 7.61. The second kappa shape index (κ2) is 9.14. The number of hydrogen-bond donors (Lipinski definition) is 2. The van der Waals surface area contributed by atoms with E-state index in [9.17, 15) is 9.59 Å². The summed E-state index contributed by atoms with van der Waals surface area (Å²) in [6, 6.07) is 17.9. The molecule has 35 heavy (non-hydrogen) atoms. The lowest BCUT2D eigenvalue weighted by Crippen LogP contribution is -2.23. The van der Waals surface area contributed by atoms with Gasteiger partial charge in [0.25, 0.3) is 11.5 Å². The van der Waals surface area contributed by atoms with Crippen LogP contribution >= 0.6 is 0 Å². The third-order valence-electron chi connectivity index (χ3n) is 5.16. The SMILES string of the molecule is COc1ccc(OCC(=O)Nc2cc(C)nn2-c2nc3c(cnn3-c3ccccc3)c(=O)[nH]2)cc1. The van der Waals surface area contributed by atoms with E-state index >= 15 is 0 Å². The largest absolute Gasteiger partial charge is 0.497 e. The lowest BCUT2D eigenvalue weighted by atomic mass is 10.3. The zero-order valence-electron chi connectivity index (χ0n) is 18.9. The van der Waals surface area contributed by atoms with Crippen LogP contribution in [0.25, 0.3) is 22.7 Å². The number of ether oxygens (including phenoxy) is 2. The van der Waals surface area contributed by atoms with Gasteiger partial charge >= 0.3 is 0 Å². The third kappa shape index (κ3) is 4.47. The summed E-state index contributed by atoms with van der Waals surface area (Å²) in [7, 11) is 1.57. The molecule has 0 unspecified atom stereocenters. The smallest absolute Gasteiger partial charge is 0.263 e. The van der Waals surface area contributed by atoms with Crippen molar-refractivity contribution < 1.29 is 14.3 Å². The van der Waals surface area contributed by atoms with Crippen LogP contribution in [0.3, 0.4) is 0 Å². The molecular weight excluding hydrogens is 450 g/mol. The van der Waals surface area contributed by atoms with E-state index in [4.69, 9.17) is 9.47 Å². The van der Waals surface area contributed by atoms with Crippen molar-refractivity contribution >= 4 is 22.8 Å². The molecule has 2 aromatic carbocycles. The van der Waals surface area contributed by atoms with E-state index in [1.54, 1.807) is 49.0 Å². The molecule has 5 aromatic rings. The van der Waals surface area contributed by atoms with Gasteiger partial charge < -0.3 is 14.8 Å². The number of fused-ring (bicyclic) bond motifs is 1. The van der Waals surface area contributed by atoms with Crippen molar-refractivity contribution in [3.8, 4) is 23.1 Å². The Bertz CT molecular complexity index is 1550. The van der Waals surface area contributed by atoms with Crippen LogP contribution in [0.2, 0.25) is 0 Å².